The van der Waals surface area contributed by atoms with E-state index in [1.807, 2.05) is 6.07 Å². The SMILES string of the molecule is [2H]c1c([2H])c2c3c(c1[2H])N(c1ccc(C(C)(C)C)cc1)c1ccc4c(c1B3c1ccc(-c3ccccc3)cc1N2c1ccc(C(C)(C)C)cc1)c1ccccc1n4-c1ccccc1. The van der Waals surface area contributed by atoms with Gasteiger partial charge in [0, 0.05) is 50.6 Å². The van der Waals surface area contributed by atoms with Gasteiger partial charge in [-0.2, -0.15) is 0 Å². The van der Waals surface area contributed by atoms with Crippen molar-refractivity contribution in [1.82, 2.24) is 4.57 Å². The topological polar surface area (TPSA) is 11.4 Å². The summed E-state index contributed by atoms with van der Waals surface area (Å²) in [7, 11) is 0. The van der Waals surface area contributed by atoms with E-state index in [0.29, 0.717) is 11.4 Å². The van der Waals surface area contributed by atoms with E-state index in [1.54, 1.807) is 0 Å². The predicted molar refractivity (Wildman–Crippen MR) is 258 cm³/mol. The van der Waals surface area contributed by atoms with Crippen LogP contribution in [0.15, 0.2) is 182 Å². The molecule has 0 radical (unpaired) electrons. The van der Waals surface area contributed by atoms with Gasteiger partial charge >= 0.3 is 0 Å². The highest BCUT2D eigenvalue weighted by molar-refractivity contribution is 7.01. The normalized spacial score (nSPS) is 14.1. The van der Waals surface area contributed by atoms with Crippen molar-refractivity contribution in [3.8, 4) is 16.8 Å². The molecule has 8 aromatic carbocycles. The molecule has 2 aliphatic rings. The first-order valence-corrected chi connectivity index (χ1v) is 21.1. The first-order chi connectivity index (χ1) is 30.3. The molecule has 290 valence electrons. The van der Waals surface area contributed by atoms with E-state index in [-0.39, 0.29) is 35.7 Å². The van der Waals surface area contributed by atoms with Crippen LogP contribution in [0.5, 0.6) is 0 Å². The first-order valence-electron chi connectivity index (χ1n) is 22.6. The van der Waals surface area contributed by atoms with Gasteiger partial charge in [-0.1, -0.05) is 151 Å². The minimum absolute atomic E-state index is 0.0461. The van der Waals surface area contributed by atoms with E-state index in [1.165, 1.54) is 11.1 Å². The highest BCUT2D eigenvalue weighted by atomic mass is 15.2. The van der Waals surface area contributed by atoms with E-state index in [4.69, 9.17) is 0 Å². The number of fused-ring (bicyclic) bond motifs is 8. The van der Waals surface area contributed by atoms with Crippen molar-refractivity contribution in [3.63, 3.8) is 0 Å². The predicted octanol–water partition coefficient (Wildman–Crippen LogP) is 13.1. The van der Waals surface area contributed by atoms with Gasteiger partial charge in [-0.3, -0.25) is 0 Å². The van der Waals surface area contributed by atoms with Crippen molar-refractivity contribution >= 4 is 79.0 Å². The number of benzene rings is 8. The lowest BCUT2D eigenvalue weighted by Crippen LogP contribution is -2.61. The summed E-state index contributed by atoms with van der Waals surface area (Å²) in [6.45, 7) is 13.0. The molecule has 11 rings (SSSR count). The van der Waals surface area contributed by atoms with Crippen LogP contribution in [-0.4, -0.2) is 11.3 Å². The second-order valence-corrected chi connectivity index (χ2v) is 18.4. The van der Waals surface area contributed by atoms with Gasteiger partial charge in [-0.25, -0.2) is 0 Å². The number of aromatic nitrogens is 1. The molecule has 0 N–H and O–H groups in total. The molecule has 4 heteroatoms. The monoisotopic (exact) mass is 776 g/mol. The summed E-state index contributed by atoms with van der Waals surface area (Å²) in [4.78, 5) is 4.43. The summed E-state index contributed by atoms with van der Waals surface area (Å²) < 4.78 is 31.8. The van der Waals surface area contributed by atoms with Crippen molar-refractivity contribution in [3.05, 3.63) is 193 Å². The number of hydrogen-bond acceptors (Lipinski definition) is 2. The van der Waals surface area contributed by atoms with E-state index >= 15 is 0 Å². The summed E-state index contributed by atoms with van der Waals surface area (Å²) in [6, 6.07) is 58.4. The van der Waals surface area contributed by atoms with E-state index in [2.05, 4.69) is 214 Å². The summed E-state index contributed by atoms with van der Waals surface area (Å²) in [5.41, 5.74) is 15.9. The Morgan fingerprint density at radius 2 is 1.02 bits per heavy atom. The Morgan fingerprint density at radius 3 is 1.63 bits per heavy atom. The summed E-state index contributed by atoms with van der Waals surface area (Å²) in [5.74, 6) is 0. The number of nitrogens with zero attached hydrogens (tertiary/aromatic N) is 3. The molecular weight excluding hydrogens is 725 g/mol. The van der Waals surface area contributed by atoms with Crippen LogP contribution in [0.2, 0.25) is 0 Å². The Morgan fingerprint density at radius 1 is 0.450 bits per heavy atom. The second kappa shape index (κ2) is 13.4. The number of para-hydroxylation sites is 2. The Balaban J connectivity index is 1.30. The first kappa shape index (κ1) is 33.1. The number of anilines is 6. The third kappa shape index (κ3) is 5.58. The Hall–Kier alpha value is -6.78. The highest BCUT2D eigenvalue weighted by Crippen LogP contribution is 2.47. The number of hydrogen-bond donors (Lipinski definition) is 0. The molecule has 0 bridgehead atoms. The van der Waals surface area contributed by atoms with Gasteiger partial charge in [0.1, 0.15) is 0 Å². The Bertz CT molecular complexity index is 3270. The zero-order chi connectivity index (χ0) is 43.5. The maximum atomic E-state index is 9.97. The molecule has 0 spiro atoms. The Labute approximate surface area is 358 Å². The molecule has 0 aliphatic carbocycles. The van der Waals surface area contributed by atoms with Crippen LogP contribution in [0.3, 0.4) is 0 Å². The van der Waals surface area contributed by atoms with E-state index < -0.39 is 0 Å². The molecule has 0 amide bonds. The van der Waals surface area contributed by atoms with Crippen LogP contribution in [0.1, 0.15) is 56.8 Å². The van der Waals surface area contributed by atoms with Crippen molar-refractivity contribution in [2.75, 3.05) is 9.80 Å². The minimum atomic E-state index is -0.368. The molecule has 2 aliphatic heterocycles. The van der Waals surface area contributed by atoms with Crippen LogP contribution >= 0.6 is 0 Å². The largest absolute Gasteiger partial charge is 0.311 e. The van der Waals surface area contributed by atoms with Crippen molar-refractivity contribution < 1.29 is 4.11 Å². The molecular formula is C56H48BN3. The molecule has 0 unspecified atom stereocenters. The highest BCUT2D eigenvalue weighted by Gasteiger charge is 2.45. The third-order valence-electron chi connectivity index (χ3n) is 12.7. The van der Waals surface area contributed by atoms with Crippen LogP contribution in [0.25, 0.3) is 38.6 Å². The van der Waals surface area contributed by atoms with Crippen molar-refractivity contribution in [2.45, 2.75) is 52.4 Å². The van der Waals surface area contributed by atoms with Crippen LogP contribution in [0.4, 0.5) is 34.1 Å². The maximum Gasteiger partial charge on any atom is 0.253 e. The molecule has 0 atom stereocenters. The average Bonchev–Trinajstić information content (AvgIpc) is 3.64. The van der Waals surface area contributed by atoms with Crippen molar-refractivity contribution in [2.24, 2.45) is 0 Å². The Kier molecular flexibility index (Phi) is 7.38. The summed E-state index contributed by atoms with van der Waals surface area (Å²) in [5, 5.41) is 2.28. The minimum Gasteiger partial charge on any atom is -0.311 e. The summed E-state index contributed by atoms with van der Waals surface area (Å²) in [6.07, 6.45) is 0. The van der Waals surface area contributed by atoms with E-state index in [9.17, 15) is 4.11 Å². The molecule has 1 aromatic heterocycles. The molecule has 0 saturated carbocycles. The molecule has 0 saturated heterocycles. The fourth-order valence-corrected chi connectivity index (χ4v) is 9.69. The number of rotatable bonds is 4. The smallest absolute Gasteiger partial charge is 0.253 e. The molecule has 3 nitrogen and oxygen atoms in total. The van der Waals surface area contributed by atoms with Crippen LogP contribution < -0.4 is 26.2 Å². The van der Waals surface area contributed by atoms with Gasteiger partial charge < -0.3 is 14.4 Å². The van der Waals surface area contributed by atoms with Gasteiger partial charge in [-0.15, -0.1) is 0 Å². The molecule has 60 heavy (non-hydrogen) atoms. The molecule has 0 fully saturated rings. The zero-order valence-corrected chi connectivity index (χ0v) is 35.0. The summed E-state index contributed by atoms with van der Waals surface area (Å²) >= 11 is 0. The lowest BCUT2D eigenvalue weighted by atomic mass is 9.33. The zero-order valence-electron chi connectivity index (χ0n) is 38.0. The van der Waals surface area contributed by atoms with E-state index in [0.717, 1.165) is 77.8 Å². The fraction of sp³-hybridized carbons (Fsp3) is 0.143. The third-order valence-corrected chi connectivity index (χ3v) is 12.7. The van der Waals surface area contributed by atoms with Gasteiger partial charge in [0.2, 0.25) is 0 Å². The maximum absolute atomic E-state index is 9.97. The van der Waals surface area contributed by atoms with Crippen LogP contribution in [-0.2, 0) is 10.8 Å². The quantitative estimate of drug-likeness (QED) is 0.165. The van der Waals surface area contributed by atoms with Gasteiger partial charge in [0.15, 0.2) is 0 Å². The molecule has 3 heterocycles. The standard InChI is InChI=1S/C56H48BN3/c1-55(2,3)39-25-29-42(30-26-39)59-48-22-15-23-49-53(48)57(54-50(59)35-34-47-52(54)44-20-13-14-21-46(44)58(47)41-18-11-8-12-19-41)45-33-24-38(37-16-9-7-10-17-37)36-51(45)60(49)43-31-27-40(28-32-43)56(4,5)6/h7-36H,1-6H3/i15D,22D,23D. The average molecular weight is 777 g/mol. The fourth-order valence-electron chi connectivity index (χ4n) is 9.69. The second-order valence-electron chi connectivity index (χ2n) is 18.4. The van der Waals surface area contributed by atoms with Gasteiger partial charge in [0.05, 0.1) is 15.1 Å². The molecule has 9 aromatic rings. The van der Waals surface area contributed by atoms with Gasteiger partial charge in [0.25, 0.3) is 6.71 Å². The van der Waals surface area contributed by atoms with Crippen LogP contribution in [0, 0.1) is 0 Å². The van der Waals surface area contributed by atoms with Gasteiger partial charge in [-0.05, 0) is 122 Å². The van der Waals surface area contributed by atoms with Crippen molar-refractivity contribution in [1.29, 1.82) is 0 Å². The lowest BCUT2D eigenvalue weighted by Gasteiger charge is -2.44. The lowest BCUT2D eigenvalue weighted by molar-refractivity contribution is 0.590.